The lowest BCUT2D eigenvalue weighted by Crippen LogP contribution is -2.18. The van der Waals surface area contributed by atoms with E-state index in [9.17, 15) is 4.79 Å². The van der Waals surface area contributed by atoms with E-state index in [0.29, 0.717) is 18.3 Å². The van der Waals surface area contributed by atoms with Crippen molar-refractivity contribution in [2.24, 2.45) is 0 Å². The van der Waals surface area contributed by atoms with E-state index < -0.39 is 13.1 Å². The molecule has 1 aliphatic rings. The number of hydrogen-bond acceptors (Lipinski definition) is 3. The second kappa shape index (κ2) is 3.56. The van der Waals surface area contributed by atoms with Crippen LogP contribution in [0.2, 0.25) is 0 Å². The first kappa shape index (κ1) is 9.03. The summed E-state index contributed by atoms with van der Waals surface area (Å²) >= 11 is 0. The number of rotatable bonds is 2. The highest BCUT2D eigenvalue weighted by molar-refractivity contribution is 6.50. The van der Waals surface area contributed by atoms with Crippen LogP contribution in [-0.2, 0) is 4.79 Å². The maximum absolute atomic E-state index is 10.4. The van der Waals surface area contributed by atoms with Gasteiger partial charge in [-0.2, -0.15) is 0 Å². The zero-order valence-electron chi connectivity index (χ0n) is 6.40. The fourth-order valence-corrected chi connectivity index (χ4v) is 1.08. The minimum atomic E-state index is -1.53. The van der Waals surface area contributed by atoms with Crippen LogP contribution in [0.3, 0.4) is 0 Å². The molecule has 0 heterocycles. The quantitative estimate of drug-likeness (QED) is 0.496. The van der Waals surface area contributed by atoms with Gasteiger partial charge < -0.3 is 15.2 Å². The zero-order chi connectivity index (χ0) is 9.14. The monoisotopic (exact) mass is 168 g/mol. The number of carbonyl (C=O) groups is 1. The molecule has 0 saturated heterocycles. The lowest BCUT2D eigenvalue weighted by molar-refractivity contribution is -0.132. The maximum Gasteiger partial charge on any atom is 0.484 e. The fraction of sp³-hybridized carbons (Fsp3) is 0.286. The standard InChI is InChI=1S/C7H9BO4/c9-7(10)5-2-1-3-6(4-5)8(11)12/h2,4,11-12H,1,3H2,(H,9,10). The highest BCUT2D eigenvalue weighted by atomic mass is 16.4. The fourth-order valence-electron chi connectivity index (χ4n) is 1.08. The Hall–Kier alpha value is -1.07. The van der Waals surface area contributed by atoms with Crippen LogP contribution in [-0.4, -0.2) is 28.2 Å². The molecule has 12 heavy (non-hydrogen) atoms. The van der Waals surface area contributed by atoms with Crippen LogP contribution in [0.5, 0.6) is 0 Å². The van der Waals surface area contributed by atoms with Gasteiger partial charge >= 0.3 is 13.1 Å². The smallest absolute Gasteiger partial charge is 0.478 e. The molecule has 0 unspecified atom stereocenters. The molecule has 0 aromatic rings. The second-order valence-corrected chi connectivity index (χ2v) is 2.60. The van der Waals surface area contributed by atoms with Crippen LogP contribution in [0.4, 0.5) is 0 Å². The van der Waals surface area contributed by atoms with E-state index in [-0.39, 0.29) is 5.57 Å². The Kier molecular flexibility index (Phi) is 2.67. The van der Waals surface area contributed by atoms with Gasteiger partial charge in [0.1, 0.15) is 0 Å². The Balaban J connectivity index is 2.81. The zero-order valence-corrected chi connectivity index (χ0v) is 6.40. The van der Waals surface area contributed by atoms with E-state index in [0.717, 1.165) is 0 Å². The maximum atomic E-state index is 10.4. The third-order valence-electron chi connectivity index (χ3n) is 1.72. The minimum absolute atomic E-state index is 0.129. The molecule has 5 heteroatoms. The van der Waals surface area contributed by atoms with Crippen molar-refractivity contribution in [3.8, 4) is 0 Å². The van der Waals surface area contributed by atoms with Gasteiger partial charge in [0.15, 0.2) is 0 Å². The SMILES string of the molecule is O=C(O)C1=CCCC(B(O)O)=C1. The van der Waals surface area contributed by atoms with Crippen molar-refractivity contribution in [1.82, 2.24) is 0 Å². The van der Waals surface area contributed by atoms with Crippen molar-refractivity contribution in [3.05, 3.63) is 23.2 Å². The van der Waals surface area contributed by atoms with Gasteiger partial charge in [0.25, 0.3) is 0 Å². The molecule has 4 nitrogen and oxygen atoms in total. The van der Waals surface area contributed by atoms with Crippen molar-refractivity contribution in [1.29, 1.82) is 0 Å². The predicted molar refractivity (Wildman–Crippen MR) is 43.2 cm³/mol. The molecule has 0 amide bonds. The summed E-state index contributed by atoms with van der Waals surface area (Å²) in [6, 6.07) is 0. The lowest BCUT2D eigenvalue weighted by Gasteiger charge is -2.09. The van der Waals surface area contributed by atoms with Gasteiger partial charge in [0.05, 0.1) is 5.57 Å². The number of aliphatic carboxylic acids is 1. The first-order chi connectivity index (χ1) is 5.61. The van der Waals surface area contributed by atoms with Crippen LogP contribution < -0.4 is 0 Å². The molecule has 1 aliphatic carbocycles. The highest BCUT2D eigenvalue weighted by Gasteiger charge is 2.19. The van der Waals surface area contributed by atoms with Crippen molar-refractivity contribution >= 4 is 13.1 Å². The molecule has 0 saturated carbocycles. The number of allylic oxidation sites excluding steroid dienone is 2. The van der Waals surface area contributed by atoms with Gasteiger partial charge in [-0.3, -0.25) is 0 Å². The Morgan fingerprint density at radius 3 is 2.67 bits per heavy atom. The first-order valence-corrected chi connectivity index (χ1v) is 3.61. The minimum Gasteiger partial charge on any atom is -0.478 e. The molecule has 0 bridgehead atoms. The second-order valence-electron chi connectivity index (χ2n) is 2.60. The van der Waals surface area contributed by atoms with Crippen molar-refractivity contribution in [2.45, 2.75) is 12.8 Å². The van der Waals surface area contributed by atoms with E-state index in [1.165, 1.54) is 6.08 Å². The van der Waals surface area contributed by atoms with Crippen LogP contribution in [0.25, 0.3) is 0 Å². The van der Waals surface area contributed by atoms with Crippen molar-refractivity contribution in [2.75, 3.05) is 0 Å². The molecule has 1 rings (SSSR count). The van der Waals surface area contributed by atoms with E-state index in [1.807, 2.05) is 0 Å². The summed E-state index contributed by atoms with van der Waals surface area (Å²) in [6.07, 6.45) is 3.92. The lowest BCUT2D eigenvalue weighted by atomic mass is 9.74. The molecule has 0 atom stereocenters. The Labute approximate surface area is 70.0 Å². The first-order valence-electron chi connectivity index (χ1n) is 3.61. The normalized spacial score (nSPS) is 16.5. The van der Waals surface area contributed by atoms with Gasteiger partial charge in [-0.05, 0) is 18.3 Å². The van der Waals surface area contributed by atoms with Gasteiger partial charge in [-0.15, -0.1) is 0 Å². The summed E-state index contributed by atoms with van der Waals surface area (Å²) in [4.78, 5) is 10.4. The van der Waals surface area contributed by atoms with E-state index in [4.69, 9.17) is 15.2 Å². The summed E-state index contributed by atoms with van der Waals surface area (Å²) in [5.41, 5.74) is 0.485. The predicted octanol–water partition coefficient (Wildman–Crippen LogP) is -0.270. The van der Waals surface area contributed by atoms with E-state index in [1.54, 1.807) is 6.08 Å². The number of carboxylic acid groups (broad SMARTS) is 1. The van der Waals surface area contributed by atoms with Gasteiger partial charge in [0.2, 0.25) is 0 Å². The van der Waals surface area contributed by atoms with Crippen LogP contribution >= 0.6 is 0 Å². The average molecular weight is 168 g/mol. The topological polar surface area (TPSA) is 77.8 Å². The molecule has 0 aliphatic heterocycles. The number of hydrogen-bond donors (Lipinski definition) is 3. The molecular weight excluding hydrogens is 159 g/mol. The summed E-state index contributed by atoms with van der Waals surface area (Å²) in [5.74, 6) is -1.03. The molecule has 0 radical (unpaired) electrons. The summed E-state index contributed by atoms with van der Waals surface area (Å²) in [5, 5.41) is 26.0. The molecule has 64 valence electrons. The Morgan fingerprint density at radius 2 is 2.17 bits per heavy atom. The largest absolute Gasteiger partial charge is 0.484 e. The van der Waals surface area contributed by atoms with Gasteiger partial charge in [-0.25, -0.2) is 4.79 Å². The van der Waals surface area contributed by atoms with Crippen LogP contribution in [0.1, 0.15) is 12.8 Å². The average Bonchev–Trinajstić information content (AvgIpc) is 2.04. The third kappa shape index (κ3) is 1.96. The summed E-state index contributed by atoms with van der Waals surface area (Å²) in [7, 11) is -1.53. The van der Waals surface area contributed by atoms with Gasteiger partial charge in [-0.1, -0.05) is 12.2 Å². The molecular formula is C7H9BO4. The third-order valence-corrected chi connectivity index (χ3v) is 1.72. The van der Waals surface area contributed by atoms with Crippen molar-refractivity contribution < 1.29 is 19.9 Å². The van der Waals surface area contributed by atoms with Crippen molar-refractivity contribution in [3.63, 3.8) is 0 Å². The van der Waals surface area contributed by atoms with E-state index in [2.05, 4.69) is 0 Å². The Bertz CT molecular complexity index is 254. The molecule has 3 N–H and O–H groups in total. The number of carboxylic acids is 1. The molecule has 0 spiro atoms. The Morgan fingerprint density at radius 1 is 1.50 bits per heavy atom. The molecule has 0 aromatic heterocycles. The summed E-state index contributed by atoms with van der Waals surface area (Å²) in [6.45, 7) is 0. The van der Waals surface area contributed by atoms with Crippen LogP contribution in [0, 0.1) is 0 Å². The summed E-state index contributed by atoms with van der Waals surface area (Å²) < 4.78 is 0. The molecule has 0 fully saturated rings. The van der Waals surface area contributed by atoms with Crippen LogP contribution in [0.15, 0.2) is 23.2 Å². The van der Waals surface area contributed by atoms with Gasteiger partial charge in [0, 0.05) is 0 Å². The molecule has 0 aromatic carbocycles. The van der Waals surface area contributed by atoms with E-state index >= 15 is 0 Å². The highest BCUT2D eigenvalue weighted by Crippen LogP contribution is 2.17.